The summed E-state index contributed by atoms with van der Waals surface area (Å²) in [6, 6.07) is 6.90. The van der Waals surface area contributed by atoms with E-state index in [-0.39, 0.29) is 23.8 Å². The fraction of sp³-hybridized carbons (Fsp3) is 0.263. The van der Waals surface area contributed by atoms with Crippen molar-refractivity contribution in [2.24, 2.45) is 5.73 Å². The van der Waals surface area contributed by atoms with E-state index in [1.54, 1.807) is 31.3 Å². The lowest BCUT2D eigenvalue weighted by Crippen LogP contribution is -2.21. The summed E-state index contributed by atoms with van der Waals surface area (Å²) < 4.78 is 1.37. The third-order valence-corrected chi connectivity index (χ3v) is 4.27. The number of nitrogens with zero attached hydrogens (tertiary/aromatic N) is 3. The molecule has 3 amide bonds. The Morgan fingerprint density at radius 2 is 2.32 bits per heavy atom. The molecule has 0 saturated carbocycles. The Hall–Kier alpha value is -3.64. The van der Waals surface area contributed by atoms with Crippen LogP contribution in [0.1, 0.15) is 38.5 Å². The molecule has 9 nitrogen and oxygen atoms in total. The first kappa shape index (κ1) is 19.1. The van der Waals surface area contributed by atoms with E-state index in [2.05, 4.69) is 22.3 Å². The van der Waals surface area contributed by atoms with Crippen LogP contribution >= 0.6 is 0 Å². The summed E-state index contributed by atoms with van der Waals surface area (Å²) >= 11 is 0. The van der Waals surface area contributed by atoms with Gasteiger partial charge in [-0.05, 0) is 18.2 Å². The second-order valence-electron chi connectivity index (χ2n) is 6.34. The molecule has 0 bridgehead atoms. The number of aliphatic hydroxyl groups is 1. The van der Waals surface area contributed by atoms with Crippen LogP contribution in [0, 0.1) is 11.8 Å². The lowest BCUT2D eigenvalue weighted by Gasteiger charge is -2.10. The first-order valence-electron chi connectivity index (χ1n) is 8.56. The van der Waals surface area contributed by atoms with Gasteiger partial charge in [0.2, 0.25) is 6.41 Å². The highest BCUT2D eigenvalue weighted by Gasteiger charge is 2.31. The van der Waals surface area contributed by atoms with Gasteiger partial charge in [0, 0.05) is 37.7 Å². The van der Waals surface area contributed by atoms with Crippen molar-refractivity contribution in [3.63, 3.8) is 0 Å². The van der Waals surface area contributed by atoms with E-state index in [1.165, 1.54) is 9.58 Å². The van der Waals surface area contributed by atoms with Crippen LogP contribution in [-0.2, 0) is 11.3 Å². The number of hydrogen-bond acceptors (Lipinski definition) is 5. The average Bonchev–Trinajstić information content (AvgIpc) is 3.25. The third kappa shape index (κ3) is 3.87. The lowest BCUT2D eigenvalue weighted by atomic mass is 10.1. The van der Waals surface area contributed by atoms with E-state index >= 15 is 0 Å². The van der Waals surface area contributed by atoms with E-state index in [9.17, 15) is 19.5 Å². The van der Waals surface area contributed by atoms with Crippen LogP contribution in [0.2, 0.25) is 0 Å². The minimum absolute atomic E-state index is 0.0551. The SMILES string of the molecule is CN(C=O)CCC(O)C#Cc1cccc(-n2nc(C(N)=O)c3c2C(=O)NC3)c1. The molecular formula is C19H19N5O4. The summed E-state index contributed by atoms with van der Waals surface area (Å²) in [5.74, 6) is 4.55. The highest BCUT2D eigenvalue weighted by Crippen LogP contribution is 2.23. The van der Waals surface area contributed by atoms with Crippen molar-refractivity contribution >= 4 is 18.2 Å². The number of hydrogen-bond donors (Lipinski definition) is 3. The van der Waals surface area contributed by atoms with E-state index in [0.717, 1.165) is 0 Å². The molecular weight excluding hydrogens is 362 g/mol. The van der Waals surface area contributed by atoms with Crippen molar-refractivity contribution in [1.29, 1.82) is 0 Å². The van der Waals surface area contributed by atoms with Crippen LogP contribution in [-0.4, -0.2) is 57.7 Å². The summed E-state index contributed by atoms with van der Waals surface area (Å²) in [6.07, 6.45) is 0.131. The molecule has 3 rings (SSSR count). The molecule has 4 N–H and O–H groups in total. The minimum Gasteiger partial charge on any atom is -0.380 e. The first-order chi connectivity index (χ1) is 13.4. The molecule has 1 aliphatic heterocycles. The largest absolute Gasteiger partial charge is 0.380 e. The Morgan fingerprint density at radius 3 is 3.04 bits per heavy atom. The third-order valence-electron chi connectivity index (χ3n) is 4.27. The predicted octanol–water partition coefficient (Wildman–Crippen LogP) is -0.595. The Kier molecular flexibility index (Phi) is 5.42. The molecule has 0 spiro atoms. The number of primary amides is 1. The fourth-order valence-corrected chi connectivity index (χ4v) is 2.82. The van der Waals surface area contributed by atoms with Gasteiger partial charge < -0.3 is 21.1 Å². The van der Waals surface area contributed by atoms with Crippen molar-refractivity contribution in [2.75, 3.05) is 13.6 Å². The summed E-state index contributed by atoms with van der Waals surface area (Å²) in [5, 5.41) is 16.8. The molecule has 0 radical (unpaired) electrons. The maximum Gasteiger partial charge on any atom is 0.270 e. The lowest BCUT2D eigenvalue weighted by molar-refractivity contribution is -0.117. The molecule has 0 aliphatic carbocycles. The standard InChI is InChI=1S/C19H19N5O4/c1-23(11-25)8-7-14(26)6-5-12-3-2-4-13(9-12)24-17-15(10-21-19(17)28)16(22-24)18(20)27/h2-4,9,11,14,26H,7-8,10H2,1H3,(H2,20,27)(H,21,28). The van der Waals surface area contributed by atoms with Crippen molar-refractivity contribution in [3.8, 4) is 17.5 Å². The molecule has 1 aromatic carbocycles. The molecule has 2 heterocycles. The number of nitrogens with two attached hydrogens (primary N) is 1. The zero-order valence-electron chi connectivity index (χ0n) is 15.2. The van der Waals surface area contributed by atoms with Crippen LogP contribution < -0.4 is 11.1 Å². The highest BCUT2D eigenvalue weighted by molar-refractivity contribution is 6.02. The van der Waals surface area contributed by atoms with Crippen LogP contribution in [0.4, 0.5) is 0 Å². The number of aliphatic hydroxyl groups excluding tert-OH is 1. The smallest absolute Gasteiger partial charge is 0.270 e. The summed E-state index contributed by atoms with van der Waals surface area (Å²) in [6.45, 7) is 0.594. The number of rotatable bonds is 6. The fourth-order valence-electron chi connectivity index (χ4n) is 2.82. The van der Waals surface area contributed by atoms with Crippen LogP contribution in [0.3, 0.4) is 0 Å². The quantitative estimate of drug-likeness (QED) is 0.455. The Bertz CT molecular complexity index is 1000. The molecule has 0 fully saturated rings. The molecule has 1 atom stereocenters. The van der Waals surface area contributed by atoms with Crippen molar-refractivity contribution < 1.29 is 19.5 Å². The molecule has 9 heteroatoms. The van der Waals surface area contributed by atoms with E-state index in [0.29, 0.717) is 36.2 Å². The first-order valence-corrected chi connectivity index (χ1v) is 8.56. The van der Waals surface area contributed by atoms with Gasteiger partial charge in [0.25, 0.3) is 11.8 Å². The van der Waals surface area contributed by atoms with Crippen molar-refractivity contribution in [1.82, 2.24) is 20.0 Å². The van der Waals surface area contributed by atoms with E-state index < -0.39 is 12.0 Å². The van der Waals surface area contributed by atoms with Gasteiger partial charge in [0.05, 0.1) is 5.69 Å². The number of nitrogens with one attached hydrogen (secondary N) is 1. The van der Waals surface area contributed by atoms with E-state index in [4.69, 9.17) is 5.73 Å². The van der Waals surface area contributed by atoms with Crippen molar-refractivity contribution in [2.45, 2.75) is 19.1 Å². The minimum atomic E-state index is -0.882. The number of amides is 3. The molecule has 1 aliphatic rings. The molecule has 144 valence electrons. The summed E-state index contributed by atoms with van der Waals surface area (Å²) in [7, 11) is 1.62. The molecule has 0 saturated heterocycles. The second kappa shape index (κ2) is 7.94. The van der Waals surface area contributed by atoms with Crippen molar-refractivity contribution in [3.05, 3.63) is 46.8 Å². The molecule has 28 heavy (non-hydrogen) atoms. The highest BCUT2D eigenvalue weighted by atomic mass is 16.3. The Labute approximate surface area is 161 Å². The zero-order chi connectivity index (χ0) is 20.3. The van der Waals surface area contributed by atoms with Gasteiger partial charge in [-0.25, -0.2) is 4.68 Å². The maximum absolute atomic E-state index is 12.1. The zero-order valence-corrected chi connectivity index (χ0v) is 15.2. The molecule has 1 unspecified atom stereocenters. The molecule has 2 aromatic rings. The molecule has 1 aromatic heterocycles. The van der Waals surface area contributed by atoms with Gasteiger partial charge in [-0.2, -0.15) is 5.10 Å². The second-order valence-corrected chi connectivity index (χ2v) is 6.34. The van der Waals surface area contributed by atoms with Crippen LogP contribution in [0.15, 0.2) is 24.3 Å². The van der Waals surface area contributed by atoms with Crippen LogP contribution in [0.25, 0.3) is 5.69 Å². The number of carbonyl (C=O) groups excluding carboxylic acids is 3. The number of carbonyl (C=O) groups is 3. The maximum atomic E-state index is 12.1. The summed E-state index contributed by atoms with van der Waals surface area (Å²) in [4.78, 5) is 35.7. The van der Waals surface area contributed by atoms with Gasteiger partial charge in [0.1, 0.15) is 11.8 Å². The van der Waals surface area contributed by atoms with Crippen LogP contribution in [0.5, 0.6) is 0 Å². The normalized spacial score (nSPS) is 13.1. The van der Waals surface area contributed by atoms with Gasteiger partial charge >= 0.3 is 0 Å². The number of fused-ring (bicyclic) bond motifs is 1. The Morgan fingerprint density at radius 1 is 1.54 bits per heavy atom. The predicted molar refractivity (Wildman–Crippen MR) is 99.4 cm³/mol. The topological polar surface area (TPSA) is 131 Å². The van der Waals surface area contributed by atoms with E-state index in [1.807, 2.05) is 0 Å². The van der Waals surface area contributed by atoms with Gasteiger partial charge in [-0.1, -0.05) is 17.9 Å². The van der Waals surface area contributed by atoms with Gasteiger partial charge in [0.15, 0.2) is 5.69 Å². The summed E-state index contributed by atoms with van der Waals surface area (Å²) in [5.41, 5.74) is 7.31. The number of benzene rings is 1. The monoisotopic (exact) mass is 381 g/mol. The van der Waals surface area contributed by atoms with Gasteiger partial charge in [-0.15, -0.1) is 0 Å². The Balaban J connectivity index is 1.87. The van der Waals surface area contributed by atoms with Gasteiger partial charge in [-0.3, -0.25) is 14.4 Å². The number of aromatic nitrogens is 2. The average molecular weight is 381 g/mol.